The normalized spacial score (nSPS) is 12.1. The molecule has 0 radical (unpaired) electrons. The van der Waals surface area contributed by atoms with Gasteiger partial charge in [0.2, 0.25) is 0 Å². The maximum absolute atomic E-state index is 11.4. The minimum atomic E-state index is -0.891. The van der Waals surface area contributed by atoms with E-state index in [4.69, 9.17) is 9.47 Å². The molecule has 0 saturated carbocycles. The van der Waals surface area contributed by atoms with E-state index in [-0.39, 0.29) is 18.3 Å². The van der Waals surface area contributed by atoms with Crippen LogP contribution in [0, 0.1) is 6.92 Å². The van der Waals surface area contributed by atoms with E-state index in [0.29, 0.717) is 26.0 Å². The zero-order valence-corrected chi connectivity index (χ0v) is 27.4. The van der Waals surface area contributed by atoms with Gasteiger partial charge in [-0.3, -0.25) is 4.79 Å². The second kappa shape index (κ2) is 12.4. The maximum Gasteiger partial charge on any atom is 0.307 e. The van der Waals surface area contributed by atoms with Crippen LogP contribution in [0.25, 0.3) is 10.9 Å². The Balaban J connectivity index is 1.79. The van der Waals surface area contributed by atoms with E-state index in [1.54, 1.807) is 19.2 Å². The SMILES string of the molecule is COc1cc(C(c2cccc(C)c2)c2cn(C)c3ccccc23)c(Oc2c(Br)cc(CC(=O)O)cc2Br)cc1C(C)C. The molecular formula is C35H33Br2NO4. The van der Waals surface area contributed by atoms with Gasteiger partial charge in [0, 0.05) is 41.2 Å². The van der Waals surface area contributed by atoms with Crippen LogP contribution in [0.5, 0.6) is 17.2 Å². The number of benzene rings is 4. The number of nitrogens with zero attached hydrogens (tertiary/aromatic N) is 1. The molecule has 5 rings (SSSR count). The molecular weight excluding hydrogens is 658 g/mol. The number of hydrogen-bond acceptors (Lipinski definition) is 3. The summed E-state index contributed by atoms with van der Waals surface area (Å²) in [6.45, 7) is 6.38. The van der Waals surface area contributed by atoms with Gasteiger partial charge in [0.25, 0.3) is 0 Å². The lowest BCUT2D eigenvalue weighted by atomic mass is 9.82. The fourth-order valence-corrected chi connectivity index (χ4v) is 7.05. The van der Waals surface area contributed by atoms with Crippen LogP contribution in [-0.2, 0) is 18.3 Å². The number of hydrogen-bond donors (Lipinski definition) is 1. The molecule has 4 aromatic carbocycles. The number of methoxy groups -OCH3 is 1. The van der Waals surface area contributed by atoms with Crippen LogP contribution < -0.4 is 9.47 Å². The zero-order valence-electron chi connectivity index (χ0n) is 24.2. The molecule has 0 fully saturated rings. The molecule has 0 aliphatic carbocycles. The fraction of sp³-hybridized carbons (Fsp3) is 0.229. The number of fused-ring (bicyclic) bond motifs is 1. The Morgan fingerprint density at radius 2 is 1.60 bits per heavy atom. The van der Waals surface area contributed by atoms with Gasteiger partial charge in [-0.05, 0) is 91.7 Å². The summed E-state index contributed by atoms with van der Waals surface area (Å²) in [5.74, 6) is 1.22. The molecule has 0 amide bonds. The lowest BCUT2D eigenvalue weighted by Crippen LogP contribution is -2.08. The summed E-state index contributed by atoms with van der Waals surface area (Å²) in [4.78, 5) is 11.4. The highest BCUT2D eigenvalue weighted by Gasteiger charge is 2.28. The molecule has 0 spiro atoms. The molecule has 1 unspecified atom stereocenters. The van der Waals surface area contributed by atoms with Crippen molar-refractivity contribution in [2.45, 2.75) is 39.0 Å². The number of carbonyl (C=O) groups is 1. The Morgan fingerprint density at radius 1 is 0.905 bits per heavy atom. The van der Waals surface area contributed by atoms with Gasteiger partial charge in [0.15, 0.2) is 5.75 Å². The van der Waals surface area contributed by atoms with Gasteiger partial charge in [-0.25, -0.2) is 0 Å². The van der Waals surface area contributed by atoms with E-state index >= 15 is 0 Å². The largest absolute Gasteiger partial charge is 0.496 e. The Bertz CT molecular complexity index is 1770. The molecule has 0 bridgehead atoms. The number of aliphatic carboxylic acids is 1. The summed E-state index contributed by atoms with van der Waals surface area (Å²) in [7, 11) is 3.78. The number of halogens is 2. The molecule has 216 valence electrons. The lowest BCUT2D eigenvalue weighted by molar-refractivity contribution is -0.136. The van der Waals surface area contributed by atoms with Gasteiger partial charge in [-0.2, -0.15) is 0 Å². The molecule has 0 aliphatic rings. The predicted molar refractivity (Wildman–Crippen MR) is 175 cm³/mol. The first-order chi connectivity index (χ1) is 20.1. The topological polar surface area (TPSA) is 60.7 Å². The van der Waals surface area contributed by atoms with E-state index in [1.165, 1.54) is 10.9 Å². The molecule has 5 nitrogen and oxygen atoms in total. The average molecular weight is 691 g/mol. The van der Waals surface area contributed by atoms with Crippen molar-refractivity contribution in [3.05, 3.63) is 121 Å². The first-order valence-corrected chi connectivity index (χ1v) is 15.4. The van der Waals surface area contributed by atoms with Crippen molar-refractivity contribution in [3.63, 3.8) is 0 Å². The number of carboxylic acid groups (broad SMARTS) is 1. The highest BCUT2D eigenvalue weighted by molar-refractivity contribution is 9.11. The van der Waals surface area contributed by atoms with Crippen molar-refractivity contribution in [2.75, 3.05) is 7.11 Å². The third-order valence-electron chi connectivity index (χ3n) is 7.53. The molecule has 1 N–H and O–H groups in total. The van der Waals surface area contributed by atoms with E-state index in [1.807, 2.05) is 0 Å². The van der Waals surface area contributed by atoms with E-state index in [0.717, 1.165) is 33.5 Å². The highest BCUT2D eigenvalue weighted by atomic mass is 79.9. The monoisotopic (exact) mass is 689 g/mol. The number of carboxylic acids is 1. The Hall–Kier alpha value is -3.55. The molecule has 5 aromatic rings. The number of aryl methyl sites for hydroxylation is 2. The van der Waals surface area contributed by atoms with Crippen LogP contribution >= 0.6 is 31.9 Å². The molecule has 1 heterocycles. The van der Waals surface area contributed by atoms with E-state index in [2.05, 4.69) is 131 Å². The predicted octanol–water partition coefficient (Wildman–Crippen LogP) is 9.74. The third kappa shape index (κ3) is 5.99. The zero-order chi connectivity index (χ0) is 30.1. The van der Waals surface area contributed by atoms with Crippen molar-refractivity contribution < 1.29 is 19.4 Å². The number of aromatic nitrogens is 1. The Labute approximate surface area is 263 Å². The smallest absolute Gasteiger partial charge is 0.307 e. The summed E-state index contributed by atoms with van der Waals surface area (Å²) in [5.41, 5.74) is 7.30. The average Bonchev–Trinajstić information content (AvgIpc) is 3.26. The van der Waals surface area contributed by atoms with Crippen LogP contribution in [0.2, 0.25) is 0 Å². The standard InChI is InChI=1S/C35H33Br2NO4/c1-20(2)25-17-32(42-35-28(36)14-22(15-29(35)37)16-33(39)40)26(18-31(25)41-5)34(23-10-8-9-21(3)13-23)27-19-38(4)30-12-7-6-11-24(27)30/h6-15,17-20,34H,16H2,1-5H3,(H,39,40). The van der Waals surface area contributed by atoms with Crippen molar-refractivity contribution in [3.8, 4) is 17.2 Å². The van der Waals surface area contributed by atoms with Gasteiger partial charge in [-0.1, -0.05) is 61.9 Å². The van der Waals surface area contributed by atoms with Crippen LogP contribution in [0.3, 0.4) is 0 Å². The first-order valence-electron chi connectivity index (χ1n) is 13.8. The molecule has 7 heteroatoms. The molecule has 0 aliphatic heterocycles. The van der Waals surface area contributed by atoms with Crippen LogP contribution in [0.4, 0.5) is 0 Å². The van der Waals surface area contributed by atoms with Crippen LogP contribution in [-0.4, -0.2) is 22.8 Å². The van der Waals surface area contributed by atoms with Gasteiger partial charge in [-0.15, -0.1) is 0 Å². The van der Waals surface area contributed by atoms with Crippen molar-refractivity contribution in [1.82, 2.24) is 4.57 Å². The molecule has 1 atom stereocenters. The fourth-order valence-electron chi connectivity index (χ4n) is 5.61. The van der Waals surface area contributed by atoms with Gasteiger partial charge >= 0.3 is 5.97 Å². The molecule has 1 aromatic heterocycles. The minimum Gasteiger partial charge on any atom is -0.496 e. The highest BCUT2D eigenvalue weighted by Crippen LogP contribution is 2.47. The Morgan fingerprint density at radius 3 is 2.24 bits per heavy atom. The summed E-state index contributed by atoms with van der Waals surface area (Å²) in [5, 5.41) is 10.5. The quantitative estimate of drug-likeness (QED) is 0.167. The van der Waals surface area contributed by atoms with E-state index in [9.17, 15) is 9.90 Å². The summed E-state index contributed by atoms with van der Waals surface area (Å²) in [6, 6.07) is 24.8. The summed E-state index contributed by atoms with van der Waals surface area (Å²) < 4.78 is 16.2. The van der Waals surface area contributed by atoms with Gasteiger partial charge in [0.1, 0.15) is 11.5 Å². The Kier molecular flexibility index (Phi) is 8.81. The number of para-hydroxylation sites is 1. The molecule has 42 heavy (non-hydrogen) atoms. The number of ether oxygens (including phenoxy) is 2. The summed E-state index contributed by atoms with van der Waals surface area (Å²) >= 11 is 7.28. The molecule has 0 saturated heterocycles. The second-order valence-corrected chi connectivity index (χ2v) is 12.6. The van der Waals surface area contributed by atoms with Crippen molar-refractivity contribution >= 4 is 48.7 Å². The summed E-state index contributed by atoms with van der Waals surface area (Å²) in [6.07, 6.45) is 2.12. The van der Waals surface area contributed by atoms with Crippen LogP contribution in [0.15, 0.2) is 87.9 Å². The van der Waals surface area contributed by atoms with Gasteiger partial charge < -0.3 is 19.1 Å². The van der Waals surface area contributed by atoms with Crippen molar-refractivity contribution in [1.29, 1.82) is 0 Å². The van der Waals surface area contributed by atoms with Crippen molar-refractivity contribution in [2.24, 2.45) is 7.05 Å². The lowest BCUT2D eigenvalue weighted by Gasteiger charge is -2.25. The van der Waals surface area contributed by atoms with Crippen LogP contribution in [0.1, 0.15) is 59.1 Å². The second-order valence-electron chi connectivity index (χ2n) is 10.9. The minimum absolute atomic E-state index is 0.0841. The maximum atomic E-state index is 11.4. The van der Waals surface area contributed by atoms with E-state index < -0.39 is 5.97 Å². The first kappa shape index (κ1) is 29.9. The van der Waals surface area contributed by atoms with Gasteiger partial charge in [0.05, 0.1) is 22.5 Å². The third-order valence-corrected chi connectivity index (χ3v) is 8.71. The number of rotatable bonds is 9.